The zero-order chi connectivity index (χ0) is 7.90. The summed E-state index contributed by atoms with van der Waals surface area (Å²) in [5.41, 5.74) is 0.272. The van der Waals surface area contributed by atoms with Gasteiger partial charge in [0.05, 0.1) is 6.54 Å². The van der Waals surface area contributed by atoms with Gasteiger partial charge in [0.2, 0.25) is 5.91 Å². The number of rotatable bonds is 0. The summed E-state index contributed by atoms with van der Waals surface area (Å²) in [5, 5.41) is 2.91. The SMILES string of the molecule is C[C@]12CCCN1CC(=O)NC2. The summed E-state index contributed by atoms with van der Waals surface area (Å²) in [4.78, 5) is 13.3. The van der Waals surface area contributed by atoms with E-state index in [4.69, 9.17) is 0 Å². The molecule has 0 spiro atoms. The molecule has 0 unspecified atom stereocenters. The van der Waals surface area contributed by atoms with Crippen LogP contribution in [0.4, 0.5) is 0 Å². The van der Waals surface area contributed by atoms with E-state index in [1.807, 2.05) is 0 Å². The van der Waals surface area contributed by atoms with Crippen molar-refractivity contribution in [1.82, 2.24) is 10.2 Å². The summed E-state index contributed by atoms with van der Waals surface area (Å²) in [6.45, 7) is 4.78. The van der Waals surface area contributed by atoms with Crippen molar-refractivity contribution < 1.29 is 4.79 Å². The van der Waals surface area contributed by atoms with Gasteiger partial charge >= 0.3 is 0 Å². The normalized spacial score (nSPS) is 38.5. The van der Waals surface area contributed by atoms with Crippen LogP contribution < -0.4 is 5.32 Å². The molecular weight excluding hydrogens is 140 g/mol. The minimum absolute atomic E-state index is 0.185. The predicted octanol–water partition coefficient (Wildman–Crippen LogP) is -0.0293. The molecule has 2 aliphatic rings. The van der Waals surface area contributed by atoms with Gasteiger partial charge in [-0.3, -0.25) is 9.69 Å². The highest BCUT2D eigenvalue weighted by Gasteiger charge is 2.40. The number of carbonyl (C=O) groups is 1. The maximum absolute atomic E-state index is 11.0. The summed E-state index contributed by atoms with van der Waals surface area (Å²) in [6.07, 6.45) is 2.47. The number of hydrogen-bond acceptors (Lipinski definition) is 2. The number of carbonyl (C=O) groups excluding carboxylic acids is 1. The molecule has 2 fully saturated rings. The van der Waals surface area contributed by atoms with Crippen molar-refractivity contribution in [2.75, 3.05) is 19.6 Å². The van der Waals surface area contributed by atoms with Crippen LogP contribution in [0, 0.1) is 0 Å². The summed E-state index contributed by atoms with van der Waals surface area (Å²) in [7, 11) is 0. The Morgan fingerprint density at radius 2 is 2.45 bits per heavy atom. The Labute approximate surface area is 66.8 Å². The molecule has 3 nitrogen and oxygen atoms in total. The summed E-state index contributed by atoms with van der Waals surface area (Å²) in [5.74, 6) is 0.185. The summed E-state index contributed by atoms with van der Waals surface area (Å²) >= 11 is 0. The Bertz CT molecular complexity index is 193. The van der Waals surface area contributed by atoms with Crippen LogP contribution in [0.15, 0.2) is 0 Å². The van der Waals surface area contributed by atoms with Gasteiger partial charge in [0.15, 0.2) is 0 Å². The molecule has 0 aliphatic carbocycles. The maximum atomic E-state index is 11.0. The largest absolute Gasteiger partial charge is 0.353 e. The fourth-order valence-corrected chi connectivity index (χ4v) is 2.07. The van der Waals surface area contributed by atoms with Gasteiger partial charge in [-0.05, 0) is 26.3 Å². The minimum Gasteiger partial charge on any atom is -0.353 e. The second-order valence-corrected chi connectivity index (χ2v) is 3.80. The van der Waals surface area contributed by atoms with Crippen LogP contribution in [0.5, 0.6) is 0 Å². The molecule has 0 saturated carbocycles. The second-order valence-electron chi connectivity index (χ2n) is 3.80. The predicted molar refractivity (Wildman–Crippen MR) is 42.2 cm³/mol. The number of hydrogen-bond donors (Lipinski definition) is 1. The molecule has 0 bridgehead atoms. The second kappa shape index (κ2) is 2.21. The Balaban J connectivity index is 2.14. The Hall–Kier alpha value is -0.570. The third-order valence-electron chi connectivity index (χ3n) is 2.91. The lowest BCUT2D eigenvalue weighted by Gasteiger charge is -2.39. The molecule has 2 aliphatic heterocycles. The van der Waals surface area contributed by atoms with E-state index >= 15 is 0 Å². The standard InChI is InChI=1S/C8H14N2O/c1-8-3-2-4-10(8)5-7(11)9-6-8/h2-6H2,1H3,(H,9,11)/t8-/m1/s1. The highest BCUT2D eigenvalue weighted by atomic mass is 16.2. The van der Waals surface area contributed by atoms with E-state index < -0.39 is 0 Å². The number of piperazine rings is 1. The first-order chi connectivity index (χ1) is 5.21. The van der Waals surface area contributed by atoms with Gasteiger partial charge in [-0.15, -0.1) is 0 Å². The fraction of sp³-hybridized carbons (Fsp3) is 0.875. The quantitative estimate of drug-likeness (QED) is 0.531. The molecule has 2 rings (SSSR count). The van der Waals surface area contributed by atoms with E-state index in [1.165, 1.54) is 12.8 Å². The molecule has 62 valence electrons. The average molecular weight is 154 g/mol. The third kappa shape index (κ3) is 1.03. The van der Waals surface area contributed by atoms with Crippen LogP contribution in [0.3, 0.4) is 0 Å². The van der Waals surface area contributed by atoms with Crippen LogP contribution in [-0.4, -0.2) is 36.0 Å². The van der Waals surface area contributed by atoms with Crippen molar-refractivity contribution in [2.45, 2.75) is 25.3 Å². The maximum Gasteiger partial charge on any atom is 0.234 e. The van der Waals surface area contributed by atoms with Gasteiger partial charge in [0, 0.05) is 12.1 Å². The molecule has 0 aromatic carbocycles. The first kappa shape index (κ1) is 7.10. The van der Waals surface area contributed by atoms with E-state index in [2.05, 4.69) is 17.1 Å². The highest BCUT2D eigenvalue weighted by Crippen LogP contribution is 2.29. The van der Waals surface area contributed by atoms with Crippen LogP contribution in [-0.2, 0) is 4.79 Å². The van der Waals surface area contributed by atoms with Crippen molar-refractivity contribution in [3.8, 4) is 0 Å². The van der Waals surface area contributed by atoms with E-state index in [0.29, 0.717) is 6.54 Å². The fourth-order valence-electron chi connectivity index (χ4n) is 2.07. The van der Waals surface area contributed by atoms with Gasteiger partial charge in [-0.25, -0.2) is 0 Å². The molecule has 0 radical (unpaired) electrons. The zero-order valence-corrected chi connectivity index (χ0v) is 6.89. The molecule has 2 saturated heterocycles. The zero-order valence-electron chi connectivity index (χ0n) is 6.89. The average Bonchev–Trinajstić information content (AvgIpc) is 2.31. The molecule has 1 N–H and O–H groups in total. The van der Waals surface area contributed by atoms with E-state index in [0.717, 1.165) is 13.1 Å². The number of amides is 1. The molecule has 1 amide bonds. The molecule has 0 aromatic heterocycles. The van der Waals surface area contributed by atoms with Crippen molar-refractivity contribution in [3.05, 3.63) is 0 Å². The van der Waals surface area contributed by atoms with Crippen molar-refractivity contribution in [3.63, 3.8) is 0 Å². The summed E-state index contributed by atoms with van der Waals surface area (Å²) < 4.78 is 0. The summed E-state index contributed by atoms with van der Waals surface area (Å²) in [6, 6.07) is 0. The molecule has 3 heteroatoms. The Kier molecular flexibility index (Phi) is 1.42. The minimum atomic E-state index is 0.185. The molecular formula is C8H14N2O. The van der Waals surface area contributed by atoms with Crippen molar-refractivity contribution in [1.29, 1.82) is 0 Å². The number of nitrogens with one attached hydrogen (secondary N) is 1. The van der Waals surface area contributed by atoms with Crippen molar-refractivity contribution >= 4 is 5.91 Å². The Morgan fingerprint density at radius 3 is 3.27 bits per heavy atom. The molecule has 11 heavy (non-hydrogen) atoms. The smallest absolute Gasteiger partial charge is 0.234 e. The van der Waals surface area contributed by atoms with Crippen LogP contribution in [0.1, 0.15) is 19.8 Å². The van der Waals surface area contributed by atoms with Gasteiger partial charge in [-0.2, -0.15) is 0 Å². The van der Waals surface area contributed by atoms with Gasteiger partial charge in [0.25, 0.3) is 0 Å². The first-order valence-electron chi connectivity index (χ1n) is 4.22. The van der Waals surface area contributed by atoms with Gasteiger partial charge in [0.1, 0.15) is 0 Å². The van der Waals surface area contributed by atoms with Crippen LogP contribution >= 0.6 is 0 Å². The van der Waals surface area contributed by atoms with Crippen molar-refractivity contribution in [2.24, 2.45) is 0 Å². The van der Waals surface area contributed by atoms with E-state index in [-0.39, 0.29) is 11.4 Å². The van der Waals surface area contributed by atoms with Crippen LogP contribution in [0.25, 0.3) is 0 Å². The number of nitrogens with zero attached hydrogens (tertiary/aromatic N) is 1. The first-order valence-corrected chi connectivity index (χ1v) is 4.22. The molecule has 0 aromatic rings. The topological polar surface area (TPSA) is 32.3 Å². The third-order valence-corrected chi connectivity index (χ3v) is 2.91. The number of fused-ring (bicyclic) bond motifs is 1. The van der Waals surface area contributed by atoms with Gasteiger partial charge in [-0.1, -0.05) is 0 Å². The van der Waals surface area contributed by atoms with E-state index in [9.17, 15) is 4.79 Å². The van der Waals surface area contributed by atoms with Crippen LogP contribution in [0.2, 0.25) is 0 Å². The Morgan fingerprint density at radius 1 is 1.64 bits per heavy atom. The van der Waals surface area contributed by atoms with Gasteiger partial charge < -0.3 is 5.32 Å². The monoisotopic (exact) mass is 154 g/mol. The van der Waals surface area contributed by atoms with E-state index in [1.54, 1.807) is 0 Å². The highest BCUT2D eigenvalue weighted by molar-refractivity contribution is 5.79. The molecule has 2 heterocycles. The lowest BCUT2D eigenvalue weighted by Crippen LogP contribution is -2.58. The lowest BCUT2D eigenvalue weighted by molar-refractivity contribution is -0.126. The molecule has 1 atom stereocenters. The lowest BCUT2D eigenvalue weighted by atomic mass is 9.97.